The van der Waals surface area contributed by atoms with Gasteiger partial charge >= 0.3 is 12.0 Å². The molecule has 3 rings (SSSR count). The number of benzene rings is 2. The van der Waals surface area contributed by atoms with Crippen LogP contribution in [0.1, 0.15) is 36.2 Å². The van der Waals surface area contributed by atoms with Gasteiger partial charge in [0.25, 0.3) is 5.91 Å². The van der Waals surface area contributed by atoms with Gasteiger partial charge in [-0.1, -0.05) is 37.3 Å². The summed E-state index contributed by atoms with van der Waals surface area (Å²) in [5.41, 5.74) is 0.218. The largest absolute Gasteiger partial charge is 0.462 e. The average molecular weight is 409 g/mol. The standard InChI is InChI=1S/C22H23N3O5/c1-3-13-30-19(27)15-9-11-17(12-10-15)23-18(26)14-25-20(28)22(2,24-21(25)29)16-7-5-4-6-8-16/h4-12H,3,13-14H2,1-2H3,(H,23,26)(H,24,29)/t22-/m1/s1. The Kier molecular flexibility index (Phi) is 6.15. The molecule has 1 fully saturated rings. The van der Waals surface area contributed by atoms with Crippen LogP contribution in [0.15, 0.2) is 54.6 Å². The number of amides is 4. The minimum Gasteiger partial charge on any atom is -0.462 e. The van der Waals surface area contributed by atoms with Crippen LogP contribution in [0.5, 0.6) is 0 Å². The highest BCUT2D eigenvalue weighted by atomic mass is 16.5. The van der Waals surface area contributed by atoms with Crippen LogP contribution in [0.4, 0.5) is 10.5 Å². The van der Waals surface area contributed by atoms with Gasteiger partial charge in [0.15, 0.2) is 0 Å². The van der Waals surface area contributed by atoms with Crippen LogP contribution >= 0.6 is 0 Å². The predicted molar refractivity (Wildman–Crippen MR) is 110 cm³/mol. The van der Waals surface area contributed by atoms with E-state index in [1.54, 1.807) is 43.3 Å². The summed E-state index contributed by atoms with van der Waals surface area (Å²) in [6.07, 6.45) is 0.728. The van der Waals surface area contributed by atoms with Gasteiger partial charge in [-0.2, -0.15) is 0 Å². The molecule has 0 spiro atoms. The van der Waals surface area contributed by atoms with E-state index in [1.807, 2.05) is 13.0 Å². The molecule has 1 atom stereocenters. The van der Waals surface area contributed by atoms with Crippen molar-refractivity contribution in [1.82, 2.24) is 10.2 Å². The van der Waals surface area contributed by atoms with Crippen molar-refractivity contribution in [3.05, 3.63) is 65.7 Å². The lowest BCUT2D eigenvalue weighted by Gasteiger charge is -2.22. The SMILES string of the molecule is CCCOC(=O)c1ccc(NC(=O)CN2C(=O)N[C@](C)(c3ccccc3)C2=O)cc1. The number of esters is 1. The molecule has 0 unspecified atom stereocenters. The summed E-state index contributed by atoms with van der Waals surface area (Å²) in [5.74, 6) is -1.46. The Labute approximate surface area is 174 Å². The van der Waals surface area contributed by atoms with Crippen LogP contribution in [0.25, 0.3) is 0 Å². The molecule has 2 aromatic rings. The van der Waals surface area contributed by atoms with Crippen LogP contribution in [0.2, 0.25) is 0 Å². The van der Waals surface area contributed by atoms with Gasteiger partial charge in [0.1, 0.15) is 12.1 Å². The smallest absolute Gasteiger partial charge is 0.338 e. The van der Waals surface area contributed by atoms with Gasteiger partial charge in [0.05, 0.1) is 12.2 Å². The highest BCUT2D eigenvalue weighted by Crippen LogP contribution is 2.28. The van der Waals surface area contributed by atoms with Crippen LogP contribution in [-0.2, 0) is 19.9 Å². The maximum absolute atomic E-state index is 12.8. The van der Waals surface area contributed by atoms with E-state index >= 15 is 0 Å². The molecule has 30 heavy (non-hydrogen) atoms. The molecule has 0 saturated carbocycles. The van der Waals surface area contributed by atoms with E-state index in [9.17, 15) is 19.2 Å². The van der Waals surface area contributed by atoms with Gasteiger partial charge in [-0.25, -0.2) is 9.59 Å². The molecule has 1 aliphatic rings. The molecule has 1 saturated heterocycles. The zero-order valence-electron chi connectivity index (χ0n) is 16.8. The van der Waals surface area contributed by atoms with Crippen molar-refractivity contribution in [3.63, 3.8) is 0 Å². The highest BCUT2D eigenvalue weighted by molar-refractivity contribution is 6.10. The second-order valence-corrected chi connectivity index (χ2v) is 7.07. The summed E-state index contributed by atoms with van der Waals surface area (Å²) in [4.78, 5) is 50.3. The van der Waals surface area contributed by atoms with Gasteiger partial charge in [-0.3, -0.25) is 14.5 Å². The third-order valence-electron chi connectivity index (χ3n) is 4.77. The Morgan fingerprint density at radius 3 is 2.37 bits per heavy atom. The van der Waals surface area contributed by atoms with Crippen molar-refractivity contribution < 1.29 is 23.9 Å². The third-order valence-corrected chi connectivity index (χ3v) is 4.77. The summed E-state index contributed by atoms with van der Waals surface area (Å²) < 4.78 is 5.05. The summed E-state index contributed by atoms with van der Waals surface area (Å²) in [5, 5.41) is 5.28. The van der Waals surface area contributed by atoms with E-state index < -0.39 is 35.9 Å². The summed E-state index contributed by atoms with van der Waals surface area (Å²) in [6.45, 7) is 3.43. The maximum Gasteiger partial charge on any atom is 0.338 e. The van der Waals surface area contributed by atoms with Crippen LogP contribution in [0.3, 0.4) is 0 Å². The third kappa shape index (κ3) is 4.32. The lowest BCUT2D eigenvalue weighted by molar-refractivity contribution is -0.133. The number of ether oxygens (including phenoxy) is 1. The van der Waals surface area contributed by atoms with E-state index in [4.69, 9.17) is 4.74 Å². The van der Waals surface area contributed by atoms with E-state index in [2.05, 4.69) is 10.6 Å². The highest BCUT2D eigenvalue weighted by Gasteiger charge is 2.49. The lowest BCUT2D eigenvalue weighted by atomic mass is 9.92. The molecule has 8 heteroatoms. The van der Waals surface area contributed by atoms with Crippen molar-refractivity contribution in [1.29, 1.82) is 0 Å². The second-order valence-electron chi connectivity index (χ2n) is 7.07. The van der Waals surface area contributed by atoms with Crippen LogP contribution in [-0.4, -0.2) is 41.9 Å². The first-order valence-electron chi connectivity index (χ1n) is 9.62. The zero-order chi connectivity index (χ0) is 21.7. The molecule has 2 N–H and O–H groups in total. The molecular formula is C22H23N3O5. The Balaban J connectivity index is 1.63. The molecule has 1 aliphatic heterocycles. The van der Waals surface area contributed by atoms with Gasteiger partial charge in [0.2, 0.25) is 5.91 Å². The molecule has 0 aliphatic carbocycles. The van der Waals surface area contributed by atoms with Gasteiger partial charge in [-0.15, -0.1) is 0 Å². The van der Waals surface area contributed by atoms with Crippen molar-refractivity contribution >= 4 is 29.5 Å². The lowest BCUT2D eigenvalue weighted by Crippen LogP contribution is -2.42. The maximum atomic E-state index is 12.8. The molecule has 4 amide bonds. The molecular weight excluding hydrogens is 386 g/mol. The van der Waals surface area contributed by atoms with Gasteiger partial charge < -0.3 is 15.4 Å². The molecule has 2 aromatic carbocycles. The number of hydrogen-bond acceptors (Lipinski definition) is 5. The van der Waals surface area contributed by atoms with Crippen molar-refractivity contribution in [3.8, 4) is 0 Å². The fourth-order valence-corrected chi connectivity index (χ4v) is 3.12. The first kappa shape index (κ1) is 21.0. The van der Waals surface area contributed by atoms with Gasteiger partial charge in [0, 0.05) is 5.69 Å². The average Bonchev–Trinajstić information content (AvgIpc) is 2.97. The number of carbonyl (C=O) groups excluding carboxylic acids is 4. The Morgan fingerprint density at radius 2 is 1.73 bits per heavy atom. The number of urea groups is 1. The summed E-state index contributed by atoms with van der Waals surface area (Å²) in [7, 11) is 0. The Morgan fingerprint density at radius 1 is 1.07 bits per heavy atom. The van der Waals surface area contributed by atoms with Crippen LogP contribution in [0, 0.1) is 0 Å². The first-order chi connectivity index (χ1) is 14.3. The Hall–Kier alpha value is -3.68. The number of anilines is 1. The number of hydrogen-bond donors (Lipinski definition) is 2. The topological polar surface area (TPSA) is 105 Å². The van der Waals surface area contributed by atoms with Crippen molar-refractivity contribution in [2.24, 2.45) is 0 Å². The quantitative estimate of drug-likeness (QED) is 0.540. The molecule has 0 bridgehead atoms. The van der Waals surface area contributed by atoms with E-state index in [-0.39, 0.29) is 0 Å². The molecule has 1 heterocycles. The van der Waals surface area contributed by atoms with E-state index in [0.717, 1.165) is 11.3 Å². The normalized spacial score (nSPS) is 18.1. The monoisotopic (exact) mass is 409 g/mol. The fourth-order valence-electron chi connectivity index (χ4n) is 3.12. The number of imide groups is 1. The van der Waals surface area contributed by atoms with Crippen molar-refractivity contribution in [2.45, 2.75) is 25.8 Å². The van der Waals surface area contributed by atoms with Crippen molar-refractivity contribution in [2.75, 3.05) is 18.5 Å². The molecule has 156 valence electrons. The number of carbonyl (C=O) groups is 4. The summed E-state index contributed by atoms with van der Waals surface area (Å²) >= 11 is 0. The summed E-state index contributed by atoms with van der Waals surface area (Å²) in [6, 6.07) is 14.4. The zero-order valence-corrected chi connectivity index (χ0v) is 16.8. The Bertz CT molecular complexity index is 958. The predicted octanol–water partition coefficient (Wildman–Crippen LogP) is 2.66. The minimum atomic E-state index is -1.22. The number of rotatable bonds is 7. The minimum absolute atomic E-state index is 0.338. The molecule has 8 nitrogen and oxygen atoms in total. The van der Waals surface area contributed by atoms with Gasteiger partial charge in [-0.05, 0) is 43.2 Å². The first-order valence-corrected chi connectivity index (χ1v) is 9.62. The van der Waals surface area contributed by atoms with Crippen LogP contribution < -0.4 is 10.6 Å². The molecule has 0 aromatic heterocycles. The second kappa shape index (κ2) is 8.77. The van der Waals surface area contributed by atoms with E-state index in [0.29, 0.717) is 23.4 Å². The van der Waals surface area contributed by atoms with E-state index in [1.165, 1.54) is 12.1 Å². The number of nitrogens with one attached hydrogen (secondary N) is 2. The fraction of sp³-hybridized carbons (Fsp3) is 0.273. The molecule has 0 radical (unpaired) electrons. The number of nitrogens with zero attached hydrogens (tertiary/aromatic N) is 1.